The van der Waals surface area contributed by atoms with E-state index in [1.165, 1.54) is 38.6 Å². The molecule has 0 saturated carbocycles. The zero-order chi connectivity index (χ0) is 40.7. The van der Waals surface area contributed by atoms with Crippen molar-refractivity contribution in [3.05, 3.63) is 206 Å². The van der Waals surface area contributed by atoms with E-state index in [1.807, 2.05) is 24.4 Å². The molecule has 0 aliphatic carbocycles. The second-order valence-corrected chi connectivity index (χ2v) is 16.1. The molecular formula is C58H34N2O2. The molecule has 0 bridgehead atoms. The Labute approximate surface area is 356 Å². The molecule has 3 aromatic heterocycles. The molecule has 13 rings (SSSR count). The van der Waals surface area contributed by atoms with E-state index in [0.717, 1.165) is 93.6 Å². The molecule has 4 nitrogen and oxygen atoms in total. The molecule has 0 N–H and O–H groups in total. The lowest BCUT2D eigenvalue weighted by atomic mass is 9.96. The molecule has 0 spiro atoms. The summed E-state index contributed by atoms with van der Waals surface area (Å²) in [6.07, 6.45) is 1.90. The van der Waals surface area contributed by atoms with Gasteiger partial charge in [0.05, 0.1) is 28.3 Å². The van der Waals surface area contributed by atoms with Crippen molar-refractivity contribution in [2.24, 2.45) is 0 Å². The van der Waals surface area contributed by atoms with Crippen LogP contribution in [0.25, 0.3) is 132 Å². The van der Waals surface area contributed by atoms with Crippen LogP contribution >= 0.6 is 0 Å². The van der Waals surface area contributed by atoms with Crippen molar-refractivity contribution in [2.45, 2.75) is 0 Å². The summed E-state index contributed by atoms with van der Waals surface area (Å²) >= 11 is 0. The Hall–Kier alpha value is -8.34. The van der Waals surface area contributed by atoms with Gasteiger partial charge in [0.15, 0.2) is 0 Å². The van der Waals surface area contributed by atoms with Gasteiger partial charge in [-0.05, 0) is 67.9 Å². The van der Waals surface area contributed by atoms with Crippen LogP contribution in [0.15, 0.2) is 215 Å². The molecule has 0 amide bonds. The summed E-state index contributed by atoms with van der Waals surface area (Å²) in [5.74, 6) is 0. The lowest BCUT2D eigenvalue weighted by molar-refractivity contribution is 0.663. The van der Waals surface area contributed by atoms with Crippen LogP contribution in [0.5, 0.6) is 0 Å². The van der Waals surface area contributed by atoms with Crippen LogP contribution in [0.4, 0.5) is 0 Å². The number of para-hydroxylation sites is 2. The average molecular weight is 791 g/mol. The van der Waals surface area contributed by atoms with Crippen LogP contribution in [-0.4, -0.2) is 9.97 Å². The number of hydrogen-bond acceptors (Lipinski definition) is 4. The topological polar surface area (TPSA) is 52.1 Å². The third-order valence-corrected chi connectivity index (χ3v) is 12.6. The van der Waals surface area contributed by atoms with Gasteiger partial charge >= 0.3 is 0 Å². The Morgan fingerprint density at radius 2 is 0.758 bits per heavy atom. The molecule has 0 atom stereocenters. The van der Waals surface area contributed by atoms with Crippen LogP contribution in [0.3, 0.4) is 0 Å². The van der Waals surface area contributed by atoms with E-state index in [9.17, 15) is 0 Å². The van der Waals surface area contributed by atoms with E-state index in [4.69, 9.17) is 18.8 Å². The number of furan rings is 2. The van der Waals surface area contributed by atoms with Crippen molar-refractivity contribution >= 4 is 76.5 Å². The lowest BCUT2D eigenvalue weighted by Crippen LogP contribution is -1.92. The molecule has 3 heterocycles. The number of aromatic nitrogens is 2. The van der Waals surface area contributed by atoms with Crippen LogP contribution in [-0.2, 0) is 0 Å². The van der Waals surface area contributed by atoms with Gasteiger partial charge in [0, 0.05) is 38.1 Å². The lowest BCUT2D eigenvalue weighted by Gasteiger charge is -2.11. The van der Waals surface area contributed by atoms with E-state index in [1.54, 1.807) is 0 Å². The molecular weight excluding hydrogens is 757 g/mol. The van der Waals surface area contributed by atoms with Gasteiger partial charge in [-0.1, -0.05) is 182 Å². The average Bonchev–Trinajstić information content (AvgIpc) is 3.93. The van der Waals surface area contributed by atoms with E-state index >= 15 is 0 Å². The molecule has 13 aromatic rings. The largest absolute Gasteiger partial charge is 0.456 e. The van der Waals surface area contributed by atoms with Gasteiger partial charge in [0.2, 0.25) is 0 Å². The third kappa shape index (κ3) is 5.40. The van der Waals surface area contributed by atoms with E-state index in [2.05, 4.69) is 182 Å². The van der Waals surface area contributed by atoms with E-state index in [-0.39, 0.29) is 0 Å². The Morgan fingerprint density at radius 3 is 1.35 bits per heavy atom. The van der Waals surface area contributed by atoms with Crippen molar-refractivity contribution < 1.29 is 8.83 Å². The van der Waals surface area contributed by atoms with Crippen LogP contribution in [0.2, 0.25) is 0 Å². The van der Waals surface area contributed by atoms with Gasteiger partial charge in [-0.25, -0.2) is 4.98 Å². The molecule has 0 saturated heterocycles. The van der Waals surface area contributed by atoms with Gasteiger partial charge in [-0.2, -0.15) is 0 Å². The summed E-state index contributed by atoms with van der Waals surface area (Å²) in [5.41, 5.74) is 16.4. The Balaban J connectivity index is 0.743. The molecule has 0 radical (unpaired) electrons. The molecule has 4 heteroatoms. The smallest absolute Gasteiger partial charge is 0.147 e. The van der Waals surface area contributed by atoms with Gasteiger partial charge in [0.1, 0.15) is 22.3 Å². The van der Waals surface area contributed by atoms with Crippen molar-refractivity contribution in [2.75, 3.05) is 0 Å². The summed E-state index contributed by atoms with van der Waals surface area (Å²) in [6, 6.07) is 70.7. The van der Waals surface area contributed by atoms with Crippen LogP contribution in [0, 0.1) is 0 Å². The molecule has 288 valence electrons. The Morgan fingerprint density at radius 1 is 0.290 bits per heavy atom. The molecule has 0 unspecified atom stereocenters. The summed E-state index contributed by atoms with van der Waals surface area (Å²) < 4.78 is 12.9. The van der Waals surface area contributed by atoms with Crippen LogP contribution < -0.4 is 0 Å². The van der Waals surface area contributed by atoms with Crippen LogP contribution in [0.1, 0.15) is 0 Å². The normalized spacial score (nSPS) is 11.9. The second-order valence-electron chi connectivity index (χ2n) is 16.1. The second kappa shape index (κ2) is 13.6. The zero-order valence-electron chi connectivity index (χ0n) is 33.3. The van der Waals surface area contributed by atoms with Crippen molar-refractivity contribution in [3.8, 4) is 55.8 Å². The number of fused-ring (bicyclic) bond motifs is 13. The minimum absolute atomic E-state index is 0.839. The third-order valence-electron chi connectivity index (χ3n) is 12.6. The number of nitrogens with zero attached hydrogens (tertiary/aromatic N) is 2. The summed E-state index contributed by atoms with van der Waals surface area (Å²) in [5, 5.41) is 8.94. The molecule has 0 aliphatic rings. The predicted octanol–water partition coefficient (Wildman–Crippen LogP) is 16.1. The van der Waals surface area contributed by atoms with Gasteiger partial charge in [0.25, 0.3) is 0 Å². The maximum atomic E-state index is 6.71. The predicted molar refractivity (Wildman–Crippen MR) is 256 cm³/mol. The number of hydrogen-bond donors (Lipinski definition) is 0. The summed E-state index contributed by atoms with van der Waals surface area (Å²) in [6.45, 7) is 0. The summed E-state index contributed by atoms with van der Waals surface area (Å²) in [4.78, 5) is 10.1. The first-order chi connectivity index (χ1) is 30.7. The first-order valence-electron chi connectivity index (χ1n) is 21.0. The van der Waals surface area contributed by atoms with E-state index < -0.39 is 0 Å². The fourth-order valence-electron chi connectivity index (χ4n) is 9.44. The first-order valence-corrected chi connectivity index (χ1v) is 21.0. The Kier molecular flexibility index (Phi) is 7.57. The highest BCUT2D eigenvalue weighted by atomic mass is 16.3. The van der Waals surface area contributed by atoms with E-state index in [0.29, 0.717) is 0 Å². The quantitative estimate of drug-likeness (QED) is 0.163. The first kappa shape index (κ1) is 34.5. The van der Waals surface area contributed by atoms with Gasteiger partial charge < -0.3 is 8.83 Å². The highest BCUT2D eigenvalue weighted by molar-refractivity contribution is 6.24. The SMILES string of the molecule is c1ccc2c(c1)oc1ccc3c4cccc(-c5ccc(-c6ccc(-c7ccc(-c8ccc(-c9cnc%10c%11ccccc%11c%11ccccc%11c%10n9)cc8)cc7)cc6)cc5)c4oc3c12. The van der Waals surface area contributed by atoms with Gasteiger partial charge in [-0.15, -0.1) is 0 Å². The number of rotatable bonds is 5. The molecule has 0 aliphatic heterocycles. The number of benzene rings is 10. The summed E-state index contributed by atoms with van der Waals surface area (Å²) in [7, 11) is 0. The Bertz CT molecular complexity index is 3840. The minimum Gasteiger partial charge on any atom is -0.456 e. The van der Waals surface area contributed by atoms with Gasteiger partial charge in [-0.3, -0.25) is 4.98 Å². The highest BCUT2D eigenvalue weighted by Crippen LogP contribution is 2.42. The minimum atomic E-state index is 0.839. The maximum Gasteiger partial charge on any atom is 0.147 e. The highest BCUT2D eigenvalue weighted by Gasteiger charge is 2.18. The zero-order valence-corrected chi connectivity index (χ0v) is 33.3. The monoisotopic (exact) mass is 790 g/mol. The van der Waals surface area contributed by atoms with Crippen molar-refractivity contribution in [1.82, 2.24) is 9.97 Å². The van der Waals surface area contributed by atoms with Crippen molar-refractivity contribution in [3.63, 3.8) is 0 Å². The fraction of sp³-hybridized carbons (Fsp3) is 0. The molecule has 0 fully saturated rings. The standard InChI is InChI=1S/C58H34N2O2/c1-3-10-46-44(8-1)45-9-2-4-11-47(45)56-55(46)59-34-51(60-56)42-30-26-40(27-31-42)38-22-18-36(19-23-38)35-16-20-37(21-17-35)39-24-28-41(29-25-39)43-13-7-14-48-49-32-33-53-54(58(49)62-57(43)48)50-12-5-6-15-52(50)61-53/h1-34H. The maximum absolute atomic E-state index is 6.71. The van der Waals surface area contributed by atoms with Crippen molar-refractivity contribution in [1.29, 1.82) is 0 Å². The fourth-order valence-corrected chi connectivity index (χ4v) is 9.44. The molecule has 10 aromatic carbocycles. The molecule has 62 heavy (non-hydrogen) atoms.